The van der Waals surface area contributed by atoms with E-state index in [1.165, 1.54) is 0 Å². The molecular formula is C7H5F3N2O. The van der Waals surface area contributed by atoms with E-state index in [9.17, 15) is 18.0 Å². The average molecular weight is 190 g/mol. The van der Waals surface area contributed by atoms with Crippen LogP contribution in [0.5, 0.6) is 0 Å². The monoisotopic (exact) mass is 190 g/mol. The summed E-state index contributed by atoms with van der Waals surface area (Å²) in [6, 6.07) is 0. The minimum Gasteiger partial charge on any atom is -0.396 e. The van der Waals surface area contributed by atoms with E-state index in [0.29, 0.717) is 6.20 Å². The number of aromatic nitrogens is 1. The predicted molar refractivity (Wildman–Crippen MR) is 39.0 cm³/mol. The highest BCUT2D eigenvalue weighted by Crippen LogP contribution is 2.26. The van der Waals surface area contributed by atoms with Gasteiger partial charge in [0.1, 0.15) is 5.69 Å². The topological polar surface area (TPSA) is 56.0 Å². The van der Waals surface area contributed by atoms with Crippen molar-refractivity contribution in [3.05, 3.63) is 23.3 Å². The molecule has 1 heterocycles. The van der Waals surface area contributed by atoms with Crippen LogP contribution in [0.15, 0.2) is 6.20 Å². The van der Waals surface area contributed by atoms with Crippen LogP contribution in [0.1, 0.15) is 22.5 Å². The summed E-state index contributed by atoms with van der Waals surface area (Å²) < 4.78 is 37.0. The molecule has 0 aliphatic heterocycles. The number of nitrogen functional groups attached to an aromatic ring is 1. The van der Waals surface area contributed by atoms with Crippen molar-refractivity contribution in [2.45, 2.75) is 6.43 Å². The van der Waals surface area contributed by atoms with Gasteiger partial charge in [-0.1, -0.05) is 0 Å². The molecule has 0 aliphatic rings. The summed E-state index contributed by atoms with van der Waals surface area (Å²) in [4.78, 5) is 13.3. The third kappa shape index (κ3) is 1.61. The first-order valence-electron chi connectivity index (χ1n) is 3.25. The molecule has 0 fully saturated rings. The van der Waals surface area contributed by atoms with Crippen molar-refractivity contribution in [1.82, 2.24) is 4.98 Å². The average Bonchev–Trinajstić information content (AvgIpc) is 2.09. The number of alkyl halides is 2. The second-order valence-electron chi connectivity index (χ2n) is 2.24. The lowest BCUT2D eigenvalue weighted by Gasteiger charge is -2.05. The van der Waals surface area contributed by atoms with Gasteiger partial charge in [-0.2, -0.15) is 0 Å². The summed E-state index contributed by atoms with van der Waals surface area (Å²) in [5.41, 5.74) is 3.00. The first kappa shape index (κ1) is 9.50. The molecule has 0 atom stereocenters. The van der Waals surface area contributed by atoms with Crippen molar-refractivity contribution in [2.24, 2.45) is 0 Å². The van der Waals surface area contributed by atoms with Gasteiger partial charge in [0.05, 0.1) is 11.3 Å². The maximum absolute atomic E-state index is 12.9. The molecule has 0 bridgehead atoms. The maximum Gasteiger partial charge on any atom is 0.267 e. The van der Waals surface area contributed by atoms with Crippen LogP contribution in [0.4, 0.5) is 18.9 Å². The molecule has 0 spiro atoms. The maximum atomic E-state index is 12.9. The van der Waals surface area contributed by atoms with E-state index < -0.39 is 29.2 Å². The largest absolute Gasteiger partial charge is 0.396 e. The van der Waals surface area contributed by atoms with Gasteiger partial charge < -0.3 is 5.73 Å². The van der Waals surface area contributed by atoms with Crippen molar-refractivity contribution in [1.29, 1.82) is 0 Å². The molecule has 6 heteroatoms. The zero-order chi connectivity index (χ0) is 10.0. The number of aldehydes is 1. The van der Waals surface area contributed by atoms with Crippen molar-refractivity contribution in [2.75, 3.05) is 5.73 Å². The highest BCUT2D eigenvalue weighted by atomic mass is 19.3. The van der Waals surface area contributed by atoms with Crippen LogP contribution >= 0.6 is 0 Å². The van der Waals surface area contributed by atoms with Crippen LogP contribution in [0.25, 0.3) is 0 Å². The second-order valence-corrected chi connectivity index (χ2v) is 2.24. The number of hydrogen-bond acceptors (Lipinski definition) is 3. The number of halogens is 3. The number of anilines is 1. The van der Waals surface area contributed by atoms with Crippen molar-refractivity contribution < 1.29 is 18.0 Å². The summed E-state index contributed by atoms with van der Waals surface area (Å²) in [7, 11) is 0. The summed E-state index contributed by atoms with van der Waals surface area (Å²) >= 11 is 0. The van der Waals surface area contributed by atoms with E-state index in [2.05, 4.69) is 4.98 Å². The fourth-order valence-electron chi connectivity index (χ4n) is 0.786. The lowest BCUT2D eigenvalue weighted by atomic mass is 10.2. The molecule has 1 rings (SSSR count). The van der Waals surface area contributed by atoms with Crippen LogP contribution < -0.4 is 5.73 Å². The Bertz CT molecular complexity index is 341. The predicted octanol–water partition coefficient (Wildman–Crippen LogP) is 1.55. The highest BCUT2D eigenvalue weighted by molar-refractivity contribution is 5.75. The molecular weight excluding hydrogens is 185 g/mol. The summed E-state index contributed by atoms with van der Waals surface area (Å²) in [5, 5.41) is 0. The Morgan fingerprint density at radius 1 is 1.54 bits per heavy atom. The lowest BCUT2D eigenvalue weighted by molar-refractivity contribution is 0.111. The van der Waals surface area contributed by atoms with Crippen molar-refractivity contribution >= 4 is 12.0 Å². The minimum atomic E-state index is -2.90. The van der Waals surface area contributed by atoms with Crippen LogP contribution in [0.3, 0.4) is 0 Å². The fraction of sp³-hybridized carbons (Fsp3) is 0.143. The van der Waals surface area contributed by atoms with Gasteiger partial charge in [-0.05, 0) is 0 Å². The number of nitrogens with two attached hydrogens (primary N) is 1. The van der Waals surface area contributed by atoms with E-state index >= 15 is 0 Å². The van der Waals surface area contributed by atoms with Gasteiger partial charge >= 0.3 is 0 Å². The van der Waals surface area contributed by atoms with Crippen molar-refractivity contribution in [3.63, 3.8) is 0 Å². The molecule has 13 heavy (non-hydrogen) atoms. The minimum absolute atomic E-state index is 0.112. The molecule has 0 unspecified atom stereocenters. The first-order valence-corrected chi connectivity index (χ1v) is 3.25. The van der Waals surface area contributed by atoms with Crippen molar-refractivity contribution in [3.8, 4) is 0 Å². The lowest BCUT2D eigenvalue weighted by Crippen LogP contribution is -2.04. The van der Waals surface area contributed by atoms with Gasteiger partial charge in [0, 0.05) is 6.20 Å². The Morgan fingerprint density at radius 3 is 2.62 bits per heavy atom. The molecule has 0 amide bonds. The number of carbonyl (C=O) groups is 1. The number of rotatable bonds is 2. The molecule has 3 nitrogen and oxygen atoms in total. The SMILES string of the molecule is Nc1c(C(F)F)cnc(C=O)c1F. The van der Waals surface area contributed by atoms with Crippen LogP contribution in [-0.2, 0) is 0 Å². The Hall–Kier alpha value is -1.59. The molecule has 0 aliphatic carbocycles. The molecule has 0 radical (unpaired) electrons. The summed E-state index contributed by atoms with van der Waals surface area (Å²) in [6.45, 7) is 0. The van der Waals surface area contributed by atoms with E-state index in [1.807, 2.05) is 0 Å². The Morgan fingerprint density at radius 2 is 2.15 bits per heavy atom. The molecule has 1 aromatic heterocycles. The Labute approximate surface area is 71.4 Å². The number of pyridine rings is 1. The van der Waals surface area contributed by atoms with Gasteiger partial charge in [0.15, 0.2) is 12.1 Å². The molecule has 2 N–H and O–H groups in total. The quantitative estimate of drug-likeness (QED) is 0.720. The highest BCUT2D eigenvalue weighted by Gasteiger charge is 2.17. The van der Waals surface area contributed by atoms with Gasteiger partial charge in [0.25, 0.3) is 6.43 Å². The van der Waals surface area contributed by atoms with E-state index in [1.54, 1.807) is 0 Å². The number of hydrogen-bond donors (Lipinski definition) is 1. The smallest absolute Gasteiger partial charge is 0.267 e. The third-order valence-corrected chi connectivity index (χ3v) is 1.46. The van der Waals surface area contributed by atoms with Gasteiger partial charge in [0.2, 0.25) is 0 Å². The molecule has 0 saturated carbocycles. The normalized spacial score (nSPS) is 10.5. The summed E-state index contributed by atoms with van der Waals surface area (Å²) in [5.74, 6) is -1.20. The number of carbonyl (C=O) groups excluding carboxylic acids is 1. The Balaban J connectivity index is 3.31. The van der Waals surface area contributed by atoms with E-state index in [0.717, 1.165) is 0 Å². The number of nitrogens with zero attached hydrogens (tertiary/aromatic N) is 1. The van der Waals surface area contributed by atoms with Gasteiger partial charge in [-0.3, -0.25) is 4.79 Å². The van der Waals surface area contributed by atoms with Crippen LogP contribution in [0.2, 0.25) is 0 Å². The Kier molecular flexibility index (Phi) is 2.50. The van der Waals surface area contributed by atoms with E-state index in [4.69, 9.17) is 5.73 Å². The third-order valence-electron chi connectivity index (χ3n) is 1.46. The molecule has 0 saturated heterocycles. The van der Waals surface area contributed by atoms with Crippen LogP contribution in [0, 0.1) is 5.82 Å². The first-order chi connectivity index (χ1) is 6.07. The zero-order valence-electron chi connectivity index (χ0n) is 6.30. The zero-order valence-corrected chi connectivity index (χ0v) is 6.30. The van der Waals surface area contributed by atoms with E-state index in [-0.39, 0.29) is 6.29 Å². The second kappa shape index (κ2) is 3.42. The molecule has 0 aromatic carbocycles. The molecule has 70 valence electrons. The standard InChI is InChI=1S/C7H5F3N2O/c8-5-4(2-13)12-1-3(6(5)11)7(9)10/h1-2,7H,(H2,11,12). The van der Waals surface area contributed by atoms with Gasteiger partial charge in [-0.15, -0.1) is 0 Å². The molecule has 1 aromatic rings. The summed E-state index contributed by atoms with van der Waals surface area (Å²) in [6.07, 6.45) is -2.10. The fourth-order valence-corrected chi connectivity index (χ4v) is 0.786. The van der Waals surface area contributed by atoms with Crippen LogP contribution in [-0.4, -0.2) is 11.3 Å². The van der Waals surface area contributed by atoms with Gasteiger partial charge in [-0.25, -0.2) is 18.2 Å².